The minimum Gasteiger partial charge on any atom is -0.368 e. The second-order valence-corrected chi connectivity index (χ2v) is 7.83. The van der Waals surface area contributed by atoms with Crippen molar-refractivity contribution in [3.8, 4) is 0 Å². The van der Waals surface area contributed by atoms with Gasteiger partial charge in [-0.15, -0.1) is 24.0 Å². The van der Waals surface area contributed by atoms with Crippen LogP contribution in [0.2, 0.25) is 5.02 Å². The lowest BCUT2D eigenvalue weighted by Gasteiger charge is -2.36. The molecule has 3 rings (SSSR count). The number of piperazine rings is 1. The normalized spacial score (nSPS) is 14.3. The molecule has 1 aliphatic rings. The van der Waals surface area contributed by atoms with Gasteiger partial charge in [0.25, 0.3) is 0 Å². The van der Waals surface area contributed by atoms with E-state index in [0.29, 0.717) is 25.6 Å². The average molecular weight is 560 g/mol. The molecule has 170 valence electrons. The molecule has 1 amide bonds. The van der Waals surface area contributed by atoms with E-state index < -0.39 is 0 Å². The first-order chi connectivity index (χ1) is 14.4. The molecule has 10 heteroatoms. The van der Waals surface area contributed by atoms with Crippen LogP contribution in [0.15, 0.2) is 29.3 Å². The molecule has 0 unspecified atom stereocenters. The fourth-order valence-electron chi connectivity index (χ4n) is 3.60. The van der Waals surface area contributed by atoms with Crippen molar-refractivity contribution in [1.82, 2.24) is 25.3 Å². The summed E-state index contributed by atoms with van der Waals surface area (Å²) in [6.45, 7) is 7.87. The average Bonchev–Trinajstić information content (AvgIpc) is 3.00. The van der Waals surface area contributed by atoms with E-state index in [9.17, 15) is 4.79 Å². The molecule has 2 heterocycles. The summed E-state index contributed by atoms with van der Waals surface area (Å²) >= 11 is 5.96. The van der Waals surface area contributed by atoms with Crippen LogP contribution < -0.4 is 15.5 Å². The number of nitrogens with one attached hydrogen (secondary N) is 2. The van der Waals surface area contributed by atoms with Crippen LogP contribution in [0.1, 0.15) is 17.0 Å². The first kappa shape index (κ1) is 25.3. The number of aliphatic imine (C=N–C) groups is 1. The number of carbonyl (C=O) groups is 1. The number of hydrogen-bond donors (Lipinski definition) is 2. The zero-order valence-corrected chi connectivity index (χ0v) is 21.6. The topological polar surface area (TPSA) is 77.8 Å². The smallest absolute Gasteiger partial charge is 0.242 e. The van der Waals surface area contributed by atoms with Gasteiger partial charge in [0, 0.05) is 68.8 Å². The van der Waals surface area contributed by atoms with Crippen LogP contribution in [0, 0.1) is 13.8 Å². The SMILES string of the molecule is CN=C(NCC(=O)N1CCN(c2ccc(Cl)cc2)CC1)NCc1c(C)nn(C)c1C.I. The number of aryl methyl sites for hydroxylation is 2. The maximum absolute atomic E-state index is 12.6. The summed E-state index contributed by atoms with van der Waals surface area (Å²) in [7, 11) is 3.64. The molecule has 0 bridgehead atoms. The minimum absolute atomic E-state index is 0. The Labute approximate surface area is 206 Å². The monoisotopic (exact) mass is 559 g/mol. The van der Waals surface area contributed by atoms with Crippen LogP contribution in [0.3, 0.4) is 0 Å². The van der Waals surface area contributed by atoms with Crippen LogP contribution in [0.25, 0.3) is 0 Å². The number of rotatable bonds is 5. The Balaban J connectivity index is 0.00000341. The van der Waals surface area contributed by atoms with Crippen molar-refractivity contribution in [2.45, 2.75) is 20.4 Å². The Kier molecular flexibility index (Phi) is 9.42. The number of anilines is 1. The van der Waals surface area contributed by atoms with Crippen molar-refractivity contribution in [3.05, 3.63) is 46.2 Å². The van der Waals surface area contributed by atoms with Gasteiger partial charge in [-0.05, 0) is 38.1 Å². The largest absolute Gasteiger partial charge is 0.368 e. The summed E-state index contributed by atoms with van der Waals surface area (Å²) in [5, 5.41) is 11.5. The van der Waals surface area contributed by atoms with Gasteiger partial charge in [0.2, 0.25) is 5.91 Å². The van der Waals surface area contributed by atoms with E-state index >= 15 is 0 Å². The maximum Gasteiger partial charge on any atom is 0.242 e. The van der Waals surface area contributed by atoms with E-state index in [4.69, 9.17) is 11.6 Å². The number of halogens is 2. The van der Waals surface area contributed by atoms with Gasteiger partial charge in [-0.1, -0.05) is 11.6 Å². The van der Waals surface area contributed by atoms with Gasteiger partial charge in [0.05, 0.1) is 12.2 Å². The Bertz CT molecular complexity index is 905. The number of aromatic nitrogens is 2. The molecule has 0 atom stereocenters. The highest BCUT2D eigenvalue weighted by Gasteiger charge is 2.21. The molecule has 1 fully saturated rings. The molecule has 2 aromatic rings. The Hall–Kier alpha value is -2.01. The first-order valence-electron chi connectivity index (χ1n) is 10.1. The van der Waals surface area contributed by atoms with Gasteiger partial charge in [0.15, 0.2) is 5.96 Å². The maximum atomic E-state index is 12.6. The third-order valence-corrected chi connectivity index (χ3v) is 5.80. The zero-order valence-electron chi connectivity index (χ0n) is 18.5. The molecule has 0 radical (unpaired) electrons. The van der Waals surface area contributed by atoms with Gasteiger partial charge in [-0.25, -0.2) is 0 Å². The highest BCUT2D eigenvalue weighted by molar-refractivity contribution is 14.0. The molecule has 2 N–H and O–H groups in total. The van der Waals surface area contributed by atoms with E-state index in [1.807, 2.05) is 54.7 Å². The summed E-state index contributed by atoms with van der Waals surface area (Å²) in [4.78, 5) is 21.0. The predicted octanol–water partition coefficient (Wildman–Crippen LogP) is 2.32. The van der Waals surface area contributed by atoms with Crippen molar-refractivity contribution in [3.63, 3.8) is 0 Å². The second kappa shape index (κ2) is 11.6. The summed E-state index contributed by atoms with van der Waals surface area (Å²) in [5.74, 6) is 0.674. The summed E-state index contributed by atoms with van der Waals surface area (Å²) in [5.41, 5.74) is 4.39. The molecule has 0 aliphatic carbocycles. The first-order valence-corrected chi connectivity index (χ1v) is 10.5. The molecule has 0 saturated carbocycles. The van der Waals surface area contributed by atoms with Crippen LogP contribution in [-0.4, -0.2) is 66.3 Å². The quantitative estimate of drug-likeness (QED) is 0.334. The van der Waals surface area contributed by atoms with E-state index in [-0.39, 0.29) is 36.4 Å². The molecular formula is C21H31ClIN7O. The number of benzene rings is 1. The van der Waals surface area contributed by atoms with Crippen LogP contribution in [0.4, 0.5) is 5.69 Å². The van der Waals surface area contributed by atoms with Crippen molar-refractivity contribution >= 4 is 53.1 Å². The second-order valence-electron chi connectivity index (χ2n) is 7.40. The third kappa shape index (κ3) is 6.49. The van der Waals surface area contributed by atoms with Crippen molar-refractivity contribution in [1.29, 1.82) is 0 Å². The van der Waals surface area contributed by atoms with E-state index in [0.717, 1.165) is 40.8 Å². The Morgan fingerprint density at radius 3 is 2.32 bits per heavy atom. The van der Waals surface area contributed by atoms with E-state index in [1.54, 1.807) is 7.05 Å². The molecule has 1 saturated heterocycles. The zero-order chi connectivity index (χ0) is 21.7. The lowest BCUT2D eigenvalue weighted by Crippen LogP contribution is -2.52. The van der Waals surface area contributed by atoms with Gasteiger partial charge < -0.3 is 20.4 Å². The van der Waals surface area contributed by atoms with Crippen LogP contribution in [-0.2, 0) is 18.4 Å². The van der Waals surface area contributed by atoms with Gasteiger partial charge in [-0.2, -0.15) is 5.10 Å². The van der Waals surface area contributed by atoms with E-state index in [1.165, 1.54) is 0 Å². The minimum atomic E-state index is 0. The van der Waals surface area contributed by atoms with Gasteiger partial charge in [0.1, 0.15) is 0 Å². The number of carbonyl (C=O) groups excluding carboxylic acids is 1. The van der Waals surface area contributed by atoms with Crippen molar-refractivity contribution in [2.24, 2.45) is 12.0 Å². The molecule has 1 aliphatic heterocycles. The van der Waals surface area contributed by atoms with Gasteiger partial charge >= 0.3 is 0 Å². The highest BCUT2D eigenvalue weighted by Crippen LogP contribution is 2.19. The van der Waals surface area contributed by atoms with Crippen LogP contribution in [0.5, 0.6) is 0 Å². The van der Waals surface area contributed by atoms with E-state index in [2.05, 4.69) is 25.6 Å². The predicted molar refractivity (Wildman–Crippen MR) is 137 cm³/mol. The summed E-state index contributed by atoms with van der Waals surface area (Å²) in [6, 6.07) is 7.82. The number of amides is 1. The summed E-state index contributed by atoms with van der Waals surface area (Å²) in [6.07, 6.45) is 0. The fraction of sp³-hybridized carbons (Fsp3) is 0.476. The Morgan fingerprint density at radius 2 is 1.77 bits per heavy atom. The standard InChI is InChI=1S/C21H30ClN7O.HI/c1-15-19(16(2)27(4)26-15)13-24-21(23-3)25-14-20(30)29-11-9-28(10-12-29)18-7-5-17(22)6-8-18;/h5-8H,9-14H2,1-4H3,(H2,23,24,25);1H. The third-order valence-electron chi connectivity index (χ3n) is 5.55. The molecule has 1 aromatic carbocycles. The fourth-order valence-corrected chi connectivity index (χ4v) is 3.73. The highest BCUT2D eigenvalue weighted by atomic mass is 127. The molecular weight excluding hydrogens is 529 g/mol. The lowest BCUT2D eigenvalue weighted by molar-refractivity contribution is -0.130. The molecule has 0 spiro atoms. The summed E-state index contributed by atoms with van der Waals surface area (Å²) < 4.78 is 1.87. The van der Waals surface area contributed by atoms with Gasteiger partial charge in [-0.3, -0.25) is 14.5 Å². The Morgan fingerprint density at radius 1 is 1.13 bits per heavy atom. The molecule has 31 heavy (non-hydrogen) atoms. The lowest BCUT2D eigenvalue weighted by atomic mass is 10.2. The number of nitrogens with zero attached hydrogens (tertiary/aromatic N) is 5. The number of hydrogen-bond acceptors (Lipinski definition) is 4. The molecule has 1 aromatic heterocycles. The van der Waals surface area contributed by atoms with Crippen molar-refractivity contribution < 1.29 is 4.79 Å². The number of guanidine groups is 1. The van der Waals surface area contributed by atoms with Crippen molar-refractivity contribution in [2.75, 3.05) is 44.7 Å². The van der Waals surface area contributed by atoms with Crippen LogP contribution >= 0.6 is 35.6 Å². The molecule has 8 nitrogen and oxygen atoms in total.